The molecule has 0 saturated heterocycles. The zero-order valence-electron chi connectivity index (χ0n) is 44.9. The molecule has 1 aliphatic carbocycles. The number of carbonyl (C=O) groups is 3. The van der Waals surface area contributed by atoms with Gasteiger partial charge in [-0.1, -0.05) is 18.2 Å². The van der Waals surface area contributed by atoms with Gasteiger partial charge < -0.3 is 26.6 Å². The van der Waals surface area contributed by atoms with E-state index in [9.17, 15) is 24.0 Å². The van der Waals surface area contributed by atoms with Crippen molar-refractivity contribution in [2.24, 2.45) is 0 Å². The monoisotopic (exact) mass is 1110 g/mol. The van der Waals surface area contributed by atoms with Crippen LogP contribution in [-0.2, 0) is 30.5 Å². The molecule has 80 heavy (non-hydrogen) atoms. The van der Waals surface area contributed by atoms with E-state index >= 15 is 0 Å². The van der Waals surface area contributed by atoms with Crippen LogP contribution in [0.3, 0.4) is 0 Å². The van der Waals surface area contributed by atoms with Crippen molar-refractivity contribution >= 4 is 85.5 Å². The van der Waals surface area contributed by atoms with Crippen molar-refractivity contribution in [2.75, 3.05) is 56.4 Å². The number of likely N-dealkylation sites (N-methyl/N-ethyl adjacent to an activating group) is 2. The summed E-state index contributed by atoms with van der Waals surface area (Å²) in [4.78, 5) is 98.5. The zero-order chi connectivity index (χ0) is 56.4. The minimum atomic E-state index is -0.415. The van der Waals surface area contributed by atoms with E-state index in [1.165, 1.54) is 64.5 Å². The molecule has 0 saturated carbocycles. The fraction of sp³-hybridized carbons (Fsp3) is 0.224. The average molecular weight is 1110 g/mol. The lowest BCUT2D eigenvalue weighted by Gasteiger charge is -2.16. The van der Waals surface area contributed by atoms with E-state index in [1.54, 1.807) is 97.3 Å². The summed E-state index contributed by atoms with van der Waals surface area (Å²) in [5.41, 5.74) is 20.0. The number of anilines is 4. The van der Waals surface area contributed by atoms with Crippen LogP contribution < -0.4 is 33.1 Å². The number of aryl methyl sites for hydroxylation is 4. The molecule has 5 N–H and O–H groups in total. The molecule has 0 unspecified atom stereocenters. The van der Waals surface area contributed by atoms with Gasteiger partial charge in [0, 0.05) is 59.0 Å². The number of Topliss-reactive ketones (excluding diaryl/α,β-unsaturated/α-hetero) is 2. The van der Waals surface area contributed by atoms with Crippen molar-refractivity contribution in [3.8, 4) is 22.7 Å². The topological polar surface area (TPSA) is 253 Å². The Morgan fingerprint density at radius 1 is 0.650 bits per heavy atom. The van der Waals surface area contributed by atoms with Gasteiger partial charge in [-0.3, -0.25) is 23.5 Å². The lowest BCUT2D eigenvalue weighted by Crippen LogP contribution is -2.25. The summed E-state index contributed by atoms with van der Waals surface area (Å²) in [7, 11) is 7.34. The third-order valence-electron chi connectivity index (χ3n) is 13.7. The number of imidazole rings is 2. The van der Waals surface area contributed by atoms with Crippen LogP contribution in [-0.4, -0.2) is 105 Å². The second kappa shape index (κ2) is 23.0. The van der Waals surface area contributed by atoms with Gasteiger partial charge in [-0.05, 0) is 139 Å². The fourth-order valence-corrected chi connectivity index (χ4v) is 11.5. The molecule has 0 atom stereocenters. The molecule has 1 amide bonds. The van der Waals surface area contributed by atoms with Gasteiger partial charge in [0.15, 0.2) is 34.5 Å². The summed E-state index contributed by atoms with van der Waals surface area (Å²) < 4.78 is 5.86. The van der Waals surface area contributed by atoms with E-state index in [0.717, 1.165) is 51.2 Å². The van der Waals surface area contributed by atoms with Crippen LogP contribution in [0.25, 0.3) is 45.1 Å². The van der Waals surface area contributed by atoms with Gasteiger partial charge in [0.25, 0.3) is 0 Å². The van der Waals surface area contributed by atoms with Gasteiger partial charge in [-0.15, -0.1) is 22.7 Å². The molecule has 22 heteroatoms. The third kappa shape index (κ3) is 11.0. The number of nitrogen functional groups attached to an aromatic ring is 2. The molecular weight excluding hydrogens is 1050 g/mol. The Morgan fingerprint density at radius 3 is 1.71 bits per heavy atom. The Morgan fingerprint density at radius 2 is 1.19 bits per heavy atom. The largest absolute Gasteiger partial charge is 0.388 e. The highest BCUT2D eigenvalue weighted by Crippen LogP contribution is 2.30. The van der Waals surface area contributed by atoms with Crippen LogP contribution in [0.2, 0.25) is 0 Å². The summed E-state index contributed by atoms with van der Waals surface area (Å²) >= 11 is 3.17. The number of ketones is 2. The molecule has 11 rings (SSSR count). The zero-order valence-corrected chi connectivity index (χ0v) is 46.5. The van der Waals surface area contributed by atoms with Crippen LogP contribution >= 0.6 is 22.7 Å². The fourth-order valence-electron chi connectivity index (χ4n) is 9.45. The van der Waals surface area contributed by atoms with Crippen LogP contribution in [0.1, 0.15) is 64.7 Å². The number of aromatic nitrogens is 10. The van der Waals surface area contributed by atoms with Crippen molar-refractivity contribution < 1.29 is 14.4 Å². The van der Waals surface area contributed by atoms with Crippen molar-refractivity contribution in [3.63, 3.8) is 0 Å². The van der Waals surface area contributed by atoms with Gasteiger partial charge in [0.2, 0.25) is 5.91 Å². The number of carbonyl (C=O) groups excluding carboxylic acids is 3. The molecule has 6 heterocycles. The van der Waals surface area contributed by atoms with Crippen LogP contribution in [0.15, 0.2) is 131 Å². The summed E-state index contributed by atoms with van der Waals surface area (Å²) in [6.45, 7) is 4.57. The summed E-state index contributed by atoms with van der Waals surface area (Å²) in [6.07, 6.45) is 10.8. The first kappa shape index (κ1) is 54.1. The highest BCUT2D eigenvalue weighted by molar-refractivity contribution is 7.12. The van der Waals surface area contributed by atoms with Crippen LogP contribution in [0.4, 0.5) is 23.0 Å². The van der Waals surface area contributed by atoms with E-state index < -0.39 is 5.69 Å². The molecule has 406 valence electrons. The number of hydrogen-bond acceptors (Lipinski definition) is 17. The number of nitrogens with one attached hydrogen (secondary N) is 1. The molecule has 1 aliphatic rings. The van der Waals surface area contributed by atoms with Gasteiger partial charge in [0.05, 0.1) is 47.0 Å². The number of amides is 1. The maximum Gasteiger partial charge on any atom is 0.339 e. The van der Waals surface area contributed by atoms with Gasteiger partial charge in [0.1, 0.15) is 33.7 Å². The summed E-state index contributed by atoms with van der Waals surface area (Å²) in [5.74, 6) is 0.0621. The molecule has 10 aromatic rings. The van der Waals surface area contributed by atoms with Gasteiger partial charge in [-0.25, -0.2) is 48.6 Å². The van der Waals surface area contributed by atoms with Crippen molar-refractivity contribution in [3.05, 3.63) is 185 Å². The average Bonchev–Trinajstić information content (AvgIpc) is 4.28. The van der Waals surface area contributed by atoms with Crippen molar-refractivity contribution in [2.45, 2.75) is 52.4 Å². The molecule has 0 spiro atoms. The summed E-state index contributed by atoms with van der Waals surface area (Å²) in [6, 6.07) is 28.3. The molecule has 0 bridgehead atoms. The van der Waals surface area contributed by atoms with E-state index in [2.05, 4.69) is 30.2 Å². The SMILES string of the molecule is CN(C)C/C=C/C(=O)N(C)c1cccc(-n2c(=O)n(-c3ccc(C(=O)Cc4nc5c(s4)CCCC5)cc3)c3c(N)ncnc32)c1.CNc1cccc(-n2c(=O)n(-c3ccc(C(=O)Cc4nc(C)c(C)s4)cc3)c3c(N)ncnc32)c1. The number of fused-ring (bicyclic) bond motifs is 3. The third-order valence-corrected chi connectivity index (χ3v) is 15.9. The maximum atomic E-state index is 14.1. The molecule has 0 aliphatic heterocycles. The molecular formula is C58H57N15O5S2. The predicted molar refractivity (Wildman–Crippen MR) is 315 cm³/mol. The predicted octanol–water partition coefficient (Wildman–Crippen LogP) is 7.69. The van der Waals surface area contributed by atoms with E-state index in [4.69, 9.17) is 16.5 Å². The Hall–Kier alpha value is -9.25. The Kier molecular flexibility index (Phi) is 15.6. The number of nitrogens with zero attached hydrogens (tertiary/aromatic N) is 12. The lowest BCUT2D eigenvalue weighted by molar-refractivity contribution is -0.113. The smallest absolute Gasteiger partial charge is 0.339 e. The summed E-state index contributed by atoms with van der Waals surface area (Å²) in [5, 5.41) is 4.72. The maximum absolute atomic E-state index is 14.1. The number of benzene rings is 4. The second-order valence-corrected chi connectivity index (χ2v) is 21.8. The molecule has 6 aromatic heterocycles. The minimum Gasteiger partial charge on any atom is -0.388 e. The van der Waals surface area contributed by atoms with E-state index in [1.807, 2.05) is 64.2 Å². The van der Waals surface area contributed by atoms with Crippen LogP contribution in [0.5, 0.6) is 0 Å². The first-order chi connectivity index (χ1) is 38.6. The Bertz CT molecular complexity index is 4110. The number of hydrogen-bond donors (Lipinski definition) is 3. The van der Waals surface area contributed by atoms with Crippen LogP contribution in [0, 0.1) is 13.8 Å². The van der Waals surface area contributed by atoms with Gasteiger partial charge in [-0.2, -0.15) is 0 Å². The Labute approximate surface area is 467 Å². The molecule has 0 fully saturated rings. The standard InChI is InChI=1S/C33H34N8O3S.C25H23N7O2S/c1-38(2)17-7-12-29(43)39(3)23-8-6-9-24(18-23)41-32-30(31(34)35-20-36-32)40(33(41)44)22-15-13-21(14-16-22)26(42)19-28-37-25-10-4-5-11-27(25)45-28;1-14-15(2)35-21(30-14)12-20(33)16-7-9-18(10-8-16)31-22-23(26)28-13-29-24(22)32(25(31)34)19-6-4-5-17(11-19)27-3/h6-9,12-16,18,20H,4-5,10-11,17,19H2,1-3H3,(H2,34,35,36);4-11,13,27H,12H2,1-3H3,(H2,26,28,29)/b12-7+;. The first-order valence-electron chi connectivity index (χ1n) is 25.7. The van der Waals surface area contributed by atoms with Crippen molar-refractivity contribution in [1.29, 1.82) is 0 Å². The normalized spacial score (nSPS) is 12.2. The van der Waals surface area contributed by atoms with Gasteiger partial charge >= 0.3 is 11.4 Å². The van der Waals surface area contributed by atoms with E-state index in [-0.39, 0.29) is 47.6 Å². The number of thiazole rings is 2. The Balaban J connectivity index is 0.000000186. The second-order valence-electron chi connectivity index (χ2n) is 19.4. The van der Waals surface area contributed by atoms with Crippen molar-refractivity contribution in [1.82, 2.24) is 53.1 Å². The number of nitrogens with two attached hydrogens (primary N) is 2. The quantitative estimate of drug-likeness (QED) is 0.0657. The highest BCUT2D eigenvalue weighted by atomic mass is 32.1. The number of rotatable bonds is 15. The molecule has 4 aromatic carbocycles. The molecule has 20 nitrogen and oxygen atoms in total. The first-order valence-corrected chi connectivity index (χ1v) is 27.3. The lowest BCUT2D eigenvalue weighted by atomic mass is 10.0. The molecule has 0 radical (unpaired) electrons. The highest BCUT2D eigenvalue weighted by Gasteiger charge is 2.24. The van der Waals surface area contributed by atoms with E-state index in [0.29, 0.717) is 68.4 Å². The minimum absolute atomic E-state index is 0.0303.